The summed E-state index contributed by atoms with van der Waals surface area (Å²) in [6.07, 6.45) is 3.88. The van der Waals surface area contributed by atoms with E-state index in [2.05, 4.69) is 10.6 Å². The lowest BCUT2D eigenvalue weighted by Crippen LogP contribution is -2.16. The lowest BCUT2D eigenvalue weighted by atomic mass is 10.1. The van der Waals surface area contributed by atoms with Crippen LogP contribution >= 0.6 is 0 Å². The summed E-state index contributed by atoms with van der Waals surface area (Å²) in [5, 5.41) is 5.61. The summed E-state index contributed by atoms with van der Waals surface area (Å²) < 4.78 is 5.01. The Bertz CT molecular complexity index is 945. The maximum atomic E-state index is 12.6. The first-order valence-electron chi connectivity index (χ1n) is 9.10. The summed E-state index contributed by atoms with van der Waals surface area (Å²) in [5.74, 6) is -0.240. The summed E-state index contributed by atoms with van der Waals surface area (Å²) in [6, 6.07) is 13.3. The van der Waals surface area contributed by atoms with E-state index in [1.54, 1.807) is 48.5 Å². The number of esters is 1. The number of carbonyl (C=O) groups is 3. The van der Waals surface area contributed by atoms with Crippen molar-refractivity contribution in [2.24, 2.45) is 5.92 Å². The minimum absolute atomic E-state index is 0.219. The molecule has 3 rings (SSSR count). The number of para-hydroxylation sites is 2. The smallest absolute Gasteiger partial charge is 0.308 e. The fourth-order valence-corrected chi connectivity index (χ4v) is 2.79. The third kappa shape index (κ3) is 5.30. The number of nitrogens with one attached hydrogen (secondary N) is 2. The molecule has 28 heavy (non-hydrogen) atoms. The van der Waals surface area contributed by atoms with Gasteiger partial charge in [-0.2, -0.15) is 0 Å². The molecule has 2 amide bonds. The van der Waals surface area contributed by atoms with E-state index in [1.165, 1.54) is 13.0 Å². The second-order valence-corrected chi connectivity index (χ2v) is 6.77. The van der Waals surface area contributed by atoms with Crippen LogP contribution in [0.1, 0.15) is 37.0 Å². The number of ether oxygens (including phenoxy) is 1. The molecule has 2 aromatic rings. The minimum Gasteiger partial charge on any atom is -0.427 e. The van der Waals surface area contributed by atoms with Gasteiger partial charge in [-0.05, 0) is 56.0 Å². The number of rotatable bonds is 6. The molecule has 6 nitrogen and oxygen atoms in total. The molecule has 1 aliphatic carbocycles. The molecule has 0 radical (unpaired) electrons. The van der Waals surface area contributed by atoms with Gasteiger partial charge in [0, 0.05) is 18.6 Å². The van der Waals surface area contributed by atoms with Crippen molar-refractivity contribution in [2.75, 3.05) is 10.6 Å². The second-order valence-electron chi connectivity index (χ2n) is 6.77. The van der Waals surface area contributed by atoms with Crippen LogP contribution < -0.4 is 15.4 Å². The van der Waals surface area contributed by atoms with Gasteiger partial charge >= 0.3 is 5.97 Å². The Kier molecular flexibility index (Phi) is 5.89. The van der Waals surface area contributed by atoms with E-state index in [4.69, 9.17) is 4.74 Å². The van der Waals surface area contributed by atoms with E-state index in [0.29, 0.717) is 28.6 Å². The van der Waals surface area contributed by atoms with Gasteiger partial charge in [-0.1, -0.05) is 23.8 Å². The van der Waals surface area contributed by atoms with Crippen LogP contribution in [-0.2, 0) is 9.59 Å². The second kappa shape index (κ2) is 8.52. The monoisotopic (exact) mass is 378 g/mol. The van der Waals surface area contributed by atoms with Crippen molar-refractivity contribution in [1.82, 2.24) is 0 Å². The van der Waals surface area contributed by atoms with E-state index in [-0.39, 0.29) is 11.8 Å². The molecule has 1 saturated carbocycles. The van der Waals surface area contributed by atoms with Gasteiger partial charge in [0.25, 0.3) is 5.91 Å². The van der Waals surface area contributed by atoms with Crippen LogP contribution in [0.5, 0.6) is 5.75 Å². The molecule has 0 aliphatic heterocycles. The molecule has 0 atom stereocenters. The molecular weight excluding hydrogens is 356 g/mol. The zero-order valence-corrected chi connectivity index (χ0v) is 15.8. The predicted molar refractivity (Wildman–Crippen MR) is 107 cm³/mol. The third-order valence-corrected chi connectivity index (χ3v) is 4.37. The van der Waals surface area contributed by atoms with Crippen LogP contribution in [0.2, 0.25) is 0 Å². The molecule has 1 fully saturated rings. The number of anilines is 2. The Morgan fingerprint density at radius 1 is 0.964 bits per heavy atom. The molecule has 6 heteroatoms. The topological polar surface area (TPSA) is 84.5 Å². The summed E-state index contributed by atoms with van der Waals surface area (Å²) in [4.78, 5) is 35.9. The Balaban J connectivity index is 1.72. The number of hydrogen-bond donors (Lipinski definition) is 2. The first-order chi connectivity index (χ1) is 13.4. The van der Waals surface area contributed by atoms with E-state index >= 15 is 0 Å². The number of allylic oxidation sites excluding steroid dienone is 1. The molecule has 0 unspecified atom stereocenters. The summed E-state index contributed by atoms with van der Waals surface area (Å²) in [6.45, 7) is 3.26. The summed E-state index contributed by atoms with van der Waals surface area (Å²) in [7, 11) is 0. The van der Waals surface area contributed by atoms with Crippen LogP contribution in [0.3, 0.4) is 0 Å². The zero-order chi connectivity index (χ0) is 20.1. The van der Waals surface area contributed by atoms with Crippen molar-refractivity contribution in [1.29, 1.82) is 0 Å². The average Bonchev–Trinajstić information content (AvgIpc) is 3.48. The molecule has 2 N–H and O–H groups in total. The van der Waals surface area contributed by atoms with Gasteiger partial charge in [-0.25, -0.2) is 0 Å². The highest BCUT2D eigenvalue weighted by molar-refractivity contribution is 6.08. The third-order valence-electron chi connectivity index (χ3n) is 4.37. The van der Waals surface area contributed by atoms with Crippen molar-refractivity contribution >= 4 is 29.2 Å². The van der Waals surface area contributed by atoms with Gasteiger partial charge in [0.15, 0.2) is 0 Å². The molecular formula is C22H22N2O4. The van der Waals surface area contributed by atoms with E-state index in [0.717, 1.165) is 18.4 Å². The number of amides is 2. The van der Waals surface area contributed by atoms with Crippen molar-refractivity contribution < 1.29 is 19.1 Å². The SMILES string of the molecule is CC(=O)Oc1cccc(C(=O)Nc2ccccc2NC(=O)/C=C(\C)C2CC2)c1. The Morgan fingerprint density at radius 2 is 1.64 bits per heavy atom. The fourth-order valence-electron chi connectivity index (χ4n) is 2.79. The first kappa shape index (κ1) is 19.4. The van der Waals surface area contributed by atoms with Crippen molar-refractivity contribution in [2.45, 2.75) is 26.7 Å². The van der Waals surface area contributed by atoms with E-state index in [1.807, 2.05) is 6.92 Å². The van der Waals surface area contributed by atoms with Gasteiger partial charge in [-0.3, -0.25) is 14.4 Å². The highest BCUT2D eigenvalue weighted by Crippen LogP contribution is 2.36. The van der Waals surface area contributed by atoms with Crippen LogP contribution in [0.25, 0.3) is 0 Å². The van der Waals surface area contributed by atoms with Gasteiger partial charge < -0.3 is 15.4 Å². The van der Waals surface area contributed by atoms with E-state index in [9.17, 15) is 14.4 Å². The number of benzene rings is 2. The van der Waals surface area contributed by atoms with Crippen LogP contribution in [-0.4, -0.2) is 17.8 Å². The number of carbonyl (C=O) groups excluding carboxylic acids is 3. The van der Waals surface area contributed by atoms with Gasteiger partial charge in [0.05, 0.1) is 11.4 Å². The zero-order valence-electron chi connectivity index (χ0n) is 15.8. The molecule has 1 aliphatic rings. The van der Waals surface area contributed by atoms with Crippen molar-refractivity contribution in [3.63, 3.8) is 0 Å². The van der Waals surface area contributed by atoms with Crippen molar-refractivity contribution in [3.8, 4) is 5.75 Å². The fraction of sp³-hybridized carbons (Fsp3) is 0.227. The largest absolute Gasteiger partial charge is 0.427 e. The van der Waals surface area contributed by atoms with Crippen LogP contribution in [0.4, 0.5) is 11.4 Å². The molecule has 2 aromatic carbocycles. The number of hydrogen-bond acceptors (Lipinski definition) is 4. The first-order valence-corrected chi connectivity index (χ1v) is 9.10. The lowest BCUT2D eigenvalue weighted by molar-refractivity contribution is -0.131. The summed E-state index contributed by atoms with van der Waals surface area (Å²) >= 11 is 0. The molecule has 144 valence electrons. The standard InChI is InChI=1S/C22H22N2O4/c1-14(16-10-11-16)12-21(26)23-19-8-3-4-9-20(19)24-22(27)17-6-5-7-18(13-17)28-15(2)25/h3-9,12-13,16H,10-11H2,1-2H3,(H,23,26)(H,24,27)/b14-12+. The Morgan fingerprint density at radius 3 is 2.29 bits per heavy atom. The molecule has 0 heterocycles. The summed E-state index contributed by atoms with van der Waals surface area (Å²) in [5.41, 5.74) is 2.40. The highest BCUT2D eigenvalue weighted by atomic mass is 16.5. The predicted octanol–water partition coefficient (Wildman–Crippen LogP) is 4.16. The molecule has 0 saturated heterocycles. The van der Waals surface area contributed by atoms with Crippen LogP contribution in [0.15, 0.2) is 60.2 Å². The average molecular weight is 378 g/mol. The Labute approximate surface area is 163 Å². The van der Waals surface area contributed by atoms with Gasteiger partial charge in [-0.15, -0.1) is 0 Å². The Hall–Kier alpha value is -3.41. The highest BCUT2D eigenvalue weighted by Gasteiger charge is 2.23. The minimum atomic E-state index is -0.458. The molecule has 0 bridgehead atoms. The normalized spacial score (nSPS) is 13.6. The van der Waals surface area contributed by atoms with E-state index < -0.39 is 5.97 Å². The maximum Gasteiger partial charge on any atom is 0.308 e. The molecule has 0 spiro atoms. The lowest BCUT2D eigenvalue weighted by Gasteiger charge is -2.12. The maximum absolute atomic E-state index is 12.6. The van der Waals surface area contributed by atoms with Gasteiger partial charge in [0.1, 0.15) is 5.75 Å². The van der Waals surface area contributed by atoms with Crippen LogP contribution in [0, 0.1) is 5.92 Å². The quantitative estimate of drug-likeness (QED) is 0.449. The van der Waals surface area contributed by atoms with Gasteiger partial charge in [0.2, 0.25) is 5.91 Å². The molecule has 0 aromatic heterocycles. The van der Waals surface area contributed by atoms with Crippen molar-refractivity contribution in [3.05, 3.63) is 65.7 Å².